The molecule has 1 aliphatic carbocycles. The van der Waals surface area contributed by atoms with Gasteiger partial charge in [0.15, 0.2) is 0 Å². The van der Waals surface area contributed by atoms with Gasteiger partial charge in [-0.25, -0.2) is 0 Å². The maximum atomic E-state index is 11.7. The van der Waals surface area contributed by atoms with Crippen molar-refractivity contribution in [1.82, 2.24) is 5.32 Å². The molecule has 1 aromatic carbocycles. The number of carbonyl (C=O) groups excluding carboxylic acids is 1. The molecule has 0 aliphatic heterocycles. The highest BCUT2D eigenvalue weighted by Gasteiger charge is 2.20. The lowest BCUT2D eigenvalue weighted by Crippen LogP contribution is -2.28. The predicted octanol–water partition coefficient (Wildman–Crippen LogP) is 3.01. The average molecular weight is 275 g/mol. The third kappa shape index (κ3) is 3.44. The maximum Gasteiger partial charge on any atom is 0.251 e. The van der Waals surface area contributed by atoms with E-state index in [0.717, 1.165) is 5.69 Å². The summed E-state index contributed by atoms with van der Waals surface area (Å²) in [5.74, 6) is 0.616. The minimum atomic E-state index is -0.0848. The summed E-state index contributed by atoms with van der Waals surface area (Å²) in [6.45, 7) is 2.21. The van der Waals surface area contributed by atoms with Crippen LogP contribution in [0.5, 0.6) is 0 Å². The molecule has 0 aromatic heterocycles. The number of benzene rings is 1. The van der Waals surface area contributed by atoms with Crippen molar-refractivity contribution < 1.29 is 4.79 Å². The number of amides is 1. The molecule has 20 heavy (non-hydrogen) atoms. The molecule has 4 nitrogen and oxygen atoms in total. The monoisotopic (exact) mass is 275 g/mol. The standard InChI is InChI=1S/C16H25N3O/c1-11(12-6-4-3-5-7-12)19-15-10-13(16(20)18-2)8-9-14(15)17/h8-12,19H,3-7,17H2,1-2H3,(H,18,20). The first-order valence-corrected chi connectivity index (χ1v) is 7.50. The Hall–Kier alpha value is -1.71. The number of rotatable bonds is 4. The Labute approximate surface area is 121 Å². The zero-order chi connectivity index (χ0) is 14.5. The van der Waals surface area contributed by atoms with Gasteiger partial charge in [0.05, 0.1) is 11.4 Å². The van der Waals surface area contributed by atoms with Gasteiger partial charge in [0.25, 0.3) is 5.91 Å². The van der Waals surface area contributed by atoms with Crippen LogP contribution in [0.2, 0.25) is 0 Å². The Balaban J connectivity index is 2.09. The summed E-state index contributed by atoms with van der Waals surface area (Å²) in [5.41, 5.74) is 8.21. The van der Waals surface area contributed by atoms with Gasteiger partial charge in [-0.05, 0) is 43.9 Å². The average Bonchev–Trinajstić information content (AvgIpc) is 2.49. The lowest BCUT2D eigenvalue weighted by molar-refractivity contribution is 0.0963. The molecule has 1 saturated carbocycles. The van der Waals surface area contributed by atoms with Gasteiger partial charge >= 0.3 is 0 Å². The van der Waals surface area contributed by atoms with E-state index in [1.165, 1.54) is 32.1 Å². The normalized spacial score (nSPS) is 17.5. The van der Waals surface area contributed by atoms with Gasteiger partial charge in [-0.2, -0.15) is 0 Å². The first kappa shape index (κ1) is 14.7. The lowest BCUT2D eigenvalue weighted by atomic mass is 9.84. The molecular formula is C16H25N3O. The molecular weight excluding hydrogens is 250 g/mol. The summed E-state index contributed by atoms with van der Waals surface area (Å²) < 4.78 is 0. The van der Waals surface area contributed by atoms with E-state index in [1.807, 2.05) is 6.07 Å². The molecule has 0 spiro atoms. The smallest absolute Gasteiger partial charge is 0.251 e. The maximum absolute atomic E-state index is 11.7. The molecule has 1 aromatic rings. The molecule has 1 fully saturated rings. The van der Waals surface area contributed by atoms with Gasteiger partial charge < -0.3 is 16.4 Å². The summed E-state index contributed by atoms with van der Waals surface area (Å²) in [4.78, 5) is 11.7. The summed E-state index contributed by atoms with van der Waals surface area (Å²) in [6.07, 6.45) is 6.57. The first-order valence-electron chi connectivity index (χ1n) is 7.50. The third-order valence-corrected chi connectivity index (χ3v) is 4.28. The second-order valence-electron chi connectivity index (χ2n) is 5.71. The molecule has 0 radical (unpaired) electrons. The Kier molecular flexibility index (Phi) is 4.88. The predicted molar refractivity (Wildman–Crippen MR) is 83.9 cm³/mol. The number of hydrogen-bond donors (Lipinski definition) is 3. The molecule has 1 aliphatic rings. The van der Waals surface area contributed by atoms with E-state index in [1.54, 1.807) is 19.2 Å². The Morgan fingerprint density at radius 1 is 1.30 bits per heavy atom. The van der Waals surface area contributed by atoms with E-state index in [0.29, 0.717) is 23.2 Å². The minimum Gasteiger partial charge on any atom is -0.397 e. The van der Waals surface area contributed by atoms with Crippen LogP contribution in [0.15, 0.2) is 18.2 Å². The van der Waals surface area contributed by atoms with E-state index < -0.39 is 0 Å². The van der Waals surface area contributed by atoms with E-state index in [9.17, 15) is 4.79 Å². The van der Waals surface area contributed by atoms with Crippen molar-refractivity contribution in [2.24, 2.45) is 5.92 Å². The van der Waals surface area contributed by atoms with E-state index >= 15 is 0 Å². The van der Waals surface area contributed by atoms with Crippen LogP contribution in [-0.2, 0) is 0 Å². The van der Waals surface area contributed by atoms with Crippen molar-refractivity contribution in [2.45, 2.75) is 45.1 Å². The highest BCUT2D eigenvalue weighted by atomic mass is 16.1. The number of anilines is 2. The van der Waals surface area contributed by atoms with Crippen molar-refractivity contribution in [3.8, 4) is 0 Å². The summed E-state index contributed by atoms with van der Waals surface area (Å²) >= 11 is 0. The number of nitrogen functional groups attached to an aromatic ring is 1. The second kappa shape index (κ2) is 6.64. The molecule has 1 amide bonds. The SMILES string of the molecule is CNC(=O)c1ccc(N)c(NC(C)C2CCCCC2)c1. The molecule has 1 unspecified atom stereocenters. The van der Waals surface area contributed by atoms with Crippen molar-refractivity contribution >= 4 is 17.3 Å². The van der Waals surface area contributed by atoms with Crippen LogP contribution in [0, 0.1) is 5.92 Å². The van der Waals surface area contributed by atoms with Gasteiger partial charge in [-0.3, -0.25) is 4.79 Å². The fourth-order valence-electron chi connectivity index (χ4n) is 2.96. The highest BCUT2D eigenvalue weighted by molar-refractivity contribution is 5.96. The van der Waals surface area contributed by atoms with Crippen LogP contribution < -0.4 is 16.4 Å². The molecule has 2 rings (SSSR count). The zero-order valence-electron chi connectivity index (χ0n) is 12.4. The zero-order valence-corrected chi connectivity index (χ0v) is 12.4. The number of nitrogens with two attached hydrogens (primary N) is 1. The van der Waals surface area contributed by atoms with E-state index in [2.05, 4.69) is 17.6 Å². The Morgan fingerprint density at radius 3 is 2.65 bits per heavy atom. The van der Waals surface area contributed by atoms with E-state index in [-0.39, 0.29) is 5.91 Å². The minimum absolute atomic E-state index is 0.0848. The third-order valence-electron chi connectivity index (χ3n) is 4.28. The van der Waals surface area contributed by atoms with Crippen LogP contribution in [0.1, 0.15) is 49.4 Å². The molecule has 0 bridgehead atoms. The number of carbonyl (C=O) groups is 1. The van der Waals surface area contributed by atoms with Gasteiger partial charge in [-0.1, -0.05) is 19.3 Å². The second-order valence-corrected chi connectivity index (χ2v) is 5.71. The van der Waals surface area contributed by atoms with Crippen molar-refractivity contribution in [1.29, 1.82) is 0 Å². The Bertz CT molecular complexity index is 467. The number of hydrogen-bond acceptors (Lipinski definition) is 3. The summed E-state index contributed by atoms with van der Waals surface area (Å²) in [7, 11) is 1.64. The van der Waals surface area contributed by atoms with E-state index in [4.69, 9.17) is 5.73 Å². The molecule has 4 heteroatoms. The van der Waals surface area contributed by atoms with Gasteiger partial charge in [0.2, 0.25) is 0 Å². The largest absolute Gasteiger partial charge is 0.397 e. The summed E-state index contributed by atoms with van der Waals surface area (Å²) in [6, 6.07) is 5.77. The molecule has 0 heterocycles. The van der Waals surface area contributed by atoms with Gasteiger partial charge in [-0.15, -0.1) is 0 Å². The lowest BCUT2D eigenvalue weighted by Gasteiger charge is -2.29. The topological polar surface area (TPSA) is 67.2 Å². The van der Waals surface area contributed by atoms with Gasteiger partial charge in [0.1, 0.15) is 0 Å². The van der Waals surface area contributed by atoms with Crippen molar-refractivity contribution in [3.63, 3.8) is 0 Å². The van der Waals surface area contributed by atoms with Gasteiger partial charge in [0, 0.05) is 18.7 Å². The summed E-state index contributed by atoms with van der Waals surface area (Å²) in [5, 5.41) is 6.13. The van der Waals surface area contributed by atoms with Crippen LogP contribution in [0.4, 0.5) is 11.4 Å². The molecule has 1 atom stereocenters. The first-order chi connectivity index (χ1) is 9.61. The number of nitrogens with one attached hydrogen (secondary N) is 2. The van der Waals surface area contributed by atoms with Crippen LogP contribution >= 0.6 is 0 Å². The van der Waals surface area contributed by atoms with Crippen molar-refractivity contribution in [3.05, 3.63) is 23.8 Å². The fraction of sp³-hybridized carbons (Fsp3) is 0.562. The Morgan fingerprint density at radius 2 is 2.00 bits per heavy atom. The highest BCUT2D eigenvalue weighted by Crippen LogP contribution is 2.29. The van der Waals surface area contributed by atoms with Crippen LogP contribution in [-0.4, -0.2) is 19.0 Å². The van der Waals surface area contributed by atoms with Crippen LogP contribution in [0.3, 0.4) is 0 Å². The molecule has 0 saturated heterocycles. The fourth-order valence-corrected chi connectivity index (χ4v) is 2.96. The quantitative estimate of drug-likeness (QED) is 0.740. The molecule has 4 N–H and O–H groups in total. The van der Waals surface area contributed by atoms with Crippen molar-refractivity contribution in [2.75, 3.05) is 18.1 Å². The van der Waals surface area contributed by atoms with Crippen LogP contribution in [0.25, 0.3) is 0 Å². The molecule has 110 valence electrons.